The summed E-state index contributed by atoms with van der Waals surface area (Å²) in [4.78, 5) is 42.1. The number of ether oxygens (including phenoxy) is 2. The number of imide groups is 1. The fourth-order valence-electron chi connectivity index (χ4n) is 5.01. The third-order valence-electron chi connectivity index (χ3n) is 7.30. The molecule has 2 saturated heterocycles. The molecule has 8 nitrogen and oxygen atoms in total. The first-order valence-electron chi connectivity index (χ1n) is 11.7. The highest BCUT2D eigenvalue weighted by Gasteiger charge is 2.54. The van der Waals surface area contributed by atoms with Gasteiger partial charge in [-0.25, -0.2) is 4.79 Å². The van der Waals surface area contributed by atoms with Gasteiger partial charge in [-0.3, -0.25) is 14.5 Å². The van der Waals surface area contributed by atoms with E-state index in [1.165, 1.54) is 4.90 Å². The average molecular weight is 444 g/mol. The van der Waals surface area contributed by atoms with Crippen LogP contribution in [-0.2, 0) is 16.1 Å². The van der Waals surface area contributed by atoms with Gasteiger partial charge in [0.1, 0.15) is 5.54 Å². The normalized spacial score (nSPS) is 24.1. The quantitative estimate of drug-likeness (QED) is 0.654. The molecule has 32 heavy (non-hydrogen) atoms. The van der Waals surface area contributed by atoms with E-state index in [-0.39, 0.29) is 37.1 Å². The first kappa shape index (κ1) is 22.4. The molecular formula is C24H33N3O5. The third-order valence-corrected chi connectivity index (χ3v) is 7.30. The van der Waals surface area contributed by atoms with E-state index in [1.54, 1.807) is 6.07 Å². The van der Waals surface area contributed by atoms with E-state index in [9.17, 15) is 14.4 Å². The Balaban J connectivity index is 1.43. The molecular weight excluding hydrogens is 410 g/mol. The molecule has 0 spiro atoms. The smallest absolute Gasteiger partial charge is 0.325 e. The van der Waals surface area contributed by atoms with Crippen molar-refractivity contribution in [3.05, 3.63) is 23.8 Å². The summed E-state index contributed by atoms with van der Waals surface area (Å²) in [5.41, 5.74) is -0.0886. The molecule has 8 heteroatoms. The van der Waals surface area contributed by atoms with Gasteiger partial charge in [-0.05, 0) is 48.8 Å². The molecule has 1 aromatic carbocycles. The Labute approximate surface area is 189 Å². The standard InChI is InChI=1S/C24H33N3O5/c1-4-16(3)12-21(28)26-10-8-18(9-11-26)24(5-2)22(29)27(23(30)25-24)14-17-6-7-19-20(13-17)32-15-31-19/h6-7,13,16,18H,4-5,8-12,14-15H2,1-3H3,(H,25,30)/t16-,24+/m1/s1. The molecule has 1 aromatic rings. The van der Waals surface area contributed by atoms with Crippen molar-refractivity contribution < 1.29 is 23.9 Å². The lowest BCUT2D eigenvalue weighted by Gasteiger charge is -2.40. The van der Waals surface area contributed by atoms with Crippen LogP contribution < -0.4 is 14.8 Å². The van der Waals surface area contributed by atoms with Crippen LogP contribution >= 0.6 is 0 Å². The van der Waals surface area contributed by atoms with Gasteiger partial charge < -0.3 is 19.7 Å². The van der Waals surface area contributed by atoms with Gasteiger partial charge in [0.2, 0.25) is 12.7 Å². The number of piperidine rings is 1. The van der Waals surface area contributed by atoms with Gasteiger partial charge in [0, 0.05) is 19.5 Å². The highest BCUT2D eigenvalue weighted by Crippen LogP contribution is 2.38. The van der Waals surface area contributed by atoms with E-state index in [4.69, 9.17) is 9.47 Å². The lowest BCUT2D eigenvalue weighted by Crippen LogP contribution is -2.56. The number of hydrogen-bond donors (Lipinski definition) is 1. The van der Waals surface area contributed by atoms with Crippen molar-refractivity contribution in [1.82, 2.24) is 15.1 Å². The SMILES string of the molecule is CC[C@@H](C)CC(=O)N1CCC([C@]2(CC)NC(=O)N(Cc3ccc4c(c3)OCO4)C2=O)CC1. The summed E-state index contributed by atoms with van der Waals surface area (Å²) >= 11 is 0. The minimum atomic E-state index is -0.904. The largest absolute Gasteiger partial charge is 0.454 e. The van der Waals surface area contributed by atoms with Crippen molar-refractivity contribution in [3.8, 4) is 11.5 Å². The second-order valence-corrected chi connectivity index (χ2v) is 9.21. The van der Waals surface area contributed by atoms with Gasteiger partial charge in [0.15, 0.2) is 11.5 Å². The van der Waals surface area contributed by atoms with E-state index in [0.29, 0.717) is 56.2 Å². The average Bonchev–Trinajstić information content (AvgIpc) is 3.37. The second kappa shape index (κ2) is 9.00. The predicted octanol–water partition coefficient (Wildman–Crippen LogP) is 3.29. The van der Waals surface area contributed by atoms with E-state index < -0.39 is 5.54 Å². The van der Waals surface area contributed by atoms with Gasteiger partial charge in [0.25, 0.3) is 5.91 Å². The molecule has 4 rings (SSSR count). The maximum atomic E-state index is 13.5. The highest BCUT2D eigenvalue weighted by atomic mass is 16.7. The van der Waals surface area contributed by atoms with E-state index in [0.717, 1.165) is 12.0 Å². The number of fused-ring (bicyclic) bond motifs is 1. The fraction of sp³-hybridized carbons (Fsp3) is 0.625. The molecule has 0 radical (unpaired) electrons. The number of likely N-dealkylation sites (tertiary alicyclic amines) is 1. The van der Waals surface area contributed by atoms with Crippen LogP contribution in [0.15, 0.2) is 18.2 Å². The summed E-state index contributed by atoms with van der Waals surface area (Å²) in [5, 5.41) is 3.02. The number of carbonyl (C=O) groups excluding carboxylic acids is 3. The van der Waals surface area contributed by atoms with Crippen molar-refractivity contribution in [3.63, 3.8) is 0 Å². The molecule has 0 bridgehead atoms. The lowest BCUT2D eigenvalue weighted by atomic mass is 9.75. The molecule has 3 aliphatic rings. The Morgan fingerprint density at radius 2 is 1.91 bits per heavy atom. The van der Waals surface area contributed by atoms with Crippen molar-refractivity contribution >= 4 is 17.8 Å². The fourth-order valence-corrected chi connectivity index (χ4v) is 5.01. The van der Waals surface area contributed by atoms with Crippen molar-refractivity contribution in [2.24, 2.45) is 11.8 Å². The molecule has 1 N–H and O–H groups in total. The van der Waals surface area contributed by atoms with Crippen LogP contribution in [-0.4, -0.2) is 53.1 Å². The van der Waals surface area contributed by atoms with Crippen LogP contribution in [0.5, 0.6) is 11.5 Å². The number of rotatable bonds is 7. The Morgan fingerprint density at radius 1 is 1.19 bits per heavy atom. The van der Waals surface area contributed by atoms with Crippen LogP contribution in [0, 0.1) is 11.8 Å². The Bertz CT molecular complexity index is 896. The minimum absolute atomic E-state index is 0.0124. The lowest BCUT2D eigenvalue weighted by molar-refractivity contribution is -0.136. The molecule has 0 saturated carbocycles. The van der Waals surface area contributed by atoms with Crippen molar-refractivity contribution in [1.29, 1.82) is 0 Å². The van der Waals surface area contributed by atoms with Crippen molar-refractivity contribution in [2.75, 3.05) is 19.9 Å². The summed E-state index contributed by atoms with van der Waals surface area (Å²) in [6, 6.07) is 5.11. The molecule has 2 atom stereocenters. The molecule has 0 unspecified atom stereocenters. The minimum Gasteiger partial charge on any atom is -0.454 e. The summed E-state index contributed by atoms with van der Waals surface area (Å²) in [5.74, 6) is 1.71. The topological polar surface area (TPSA) is 88.2 Å². The summed E-state index contributed by atoms with van der Waals surface area (Å²) in [6.07, 6.45) is 3.51. The van der Waals surface area contributed by atoms with Gasteiger partial charge in [-0.1, -0.05) is 33.3 Å². The number of hydrogen-bond acceptors (Lipinski definition) is 5. The Morgan fingerprint density at radius 3 is 2.59 bits per heavy atom. The van der Waals surface area contributed by atoms with Crippen LogP contribution in [0.3, 0.4) is 0 Å². The molecule has 174 valence electrons. The molecule has 3 heterocycles. The Hall–Kier alpha value is -2.77. The van der Waals surface area contributed by atoms with E-state index in [1.807, 2.05) is 24.0 Å². The molecule has 0 aliphatic carbocycles. The first-order valence-corrected chi connectivity index (χ1v) is 11.7. The third kappa shape index (κ3) is 4.02. The second-order valence-electron chi connectivity index (χ2n) is 9.21. The van der Waals surface area contributed by atoms with Crippen LogP contribution in [0.2, 0.25) is 0 Å². The number of carbonyl (C=O) groups is 3. The first-order chi connectivity index (χ1) is 15.4. The van der Waals surface area contributed by atoms with Crippen LogP contribution in [0.4, 0.5) is 4.79 Å². The van der Waals surface area contributed by atoms with Crippen LogP contribution in [0.1, 0.15) is 58.4 Å². The summed E-state index contributed by atoms with van der Waals surface area (Å²) in [6.45, 7) is 7.77. The number of benzene rings is 1. The molecule has 2 fully saturated rings. The monoisotopic (exact) mass is 443 g/mol. The van der Waals surface area contributed by atoms with Gasteiger partial charge in [-0.2, -0.15) is 0 Å². The number of amides is 4. The predicted molar refractivity (Wildman–Crippen MR) is 118 cm³/mol. The summed E-state index contributed by atoms with van der Waals surface area (Å²) < 4.78 is 10.8. The maximum Gasteiger partial charge on any atom is 0.325 e. The zero-order valence-electron chi connectivity index (χ0n) is 19.2. The zero-order valence-corrected chi connectivity index (χ0v) is 19.2. The zero-order chi connectivity index (χ0) is 22.9. The van der Waals surface area contributed by atoms with Gasteiger partial charge in [-0.15, -0.1) is 0 Å². The van der Waals surface area contributed by atoms with E-state index in [2.05, 4.69) is 19.2 Å². The highest BCUT2D eigenvalue weighted by molar-refractivity contribution is 6.07. The van der Waals surface area contributed by atoms with Gasteiger partial charge >= 0.3 is 6.03 Å². The van der Waals surface area contributed by atoms with Crippen molar-refractivity contribution in [2.45, 2.75) is 65.0 Å². The summed E-state index contributed by atoms with van der Waals surface area (Å²) in [7, 11) is 0. The molecule has 4 amide bonds. The molecule has 3 aliphatic heterocycles. The van der Waals surface area contributed by atoms with Crippen LogP contribution in [0.25, 0.3) is 0 Å². The van der Waals surface area contributed by atoms with E-state index >= 15 is 0 Å². The number of nitrogens with one attached hydrogen (secondary N) is 1. The molecule has 0 aromatic heterocycles. The maximum absolute atomic E-state index is 13.5. The van der Waals surface area contributed by atoms with Gasteiger partial charge in [0.05, 0.1) is 6.54 Å². The number of nitrogens with zero attached hydrogens (tertiary/aromatic N) is 2. The Kier molecular flexibility index (Phi) is 6.31. The number of urea groups is 1.